The Morgan fingerprint density at radius 2 is 1.53 bits per heavy atom. The van der Waals surface area contributed by atoms with Crippen LogP contribution in [-0.2, 0) is 11.2 Å². The molecule has 0 bridgehead atoms. The summed E-state index contributed by atoms with van der Waals surface area (Å²) < 4.78 is 12.8. The van der Waals surface area contributed by atoms with Gasteiger partial charge in [-0.3, -0.25) is 4.79 Å². The van der Waals surface area contributed by atoms with E-state index in [1.807, 2.05) is 24.3 Å². The number of nitrogens with two attached hydrogens (primary N) is 1. The van der Waals surface area contributed by atoms with Crippen LogP contribution in [0.25, 0.3) is 11.1 Å². The number of carbonyl (C=O) groups is 1. The molecule has 3 N–H and O–H groups in total. The molecule has 1 atom stereocenters. The van der Waals surface area contributed by atoms with Gasteiger partial charge in [0.05, 0.1) is 0 Å². The fourth-order valence-corrected chi connectivity index (χ4v) is 1.82. The summed E-state index contributed by atoms with van der Waals surface area (Å²) in [6.45, 7) is 0. The monoisotopic (exact) mass is 259 g/mol. The minimum Gasteiger partial charge on any atom is -0.480 e. The van der Waals surface area contributed by atoms with Gasteiger partial charge in [-0.1, -0.05) is 36.4 Å². The van der Waals surface area contributed by atoms with E-state index in [9.17, 15) is 9.18 Å². The average molecular weight is 259 g/mol. The van der Waals surface area contributed by atoms with Crippen LogP contribution >= 0.6 is 0 Å². The van der Waals surface area contributed by atoms with Gasteiger partial charge in [-0.25, -0.2) is 4.39 Å². The van der Waals surface area contributed by atoms with Gasteiger partial charge in [-0.15, -0.1) is 0 Å². The molecule has 0 fully saturated rings. The minimum atomic E-state index is -1.01. The van der Waals surface area contributed by atoms with E-state index < -0.39 is 12.0 Å². The van der Waals surface area contributed by atoms with Crippen LogP contribution in [0.3, 0.4) is 0 Å². The molecule has 0 aliphatic carbocycles. The van der Waals surface area contributed by atoms with Gasteiger partial charge in [-0.2, -0.15) is 0 Å². The number of aliphatic carboxylic acids is 1. The summed E-state index contributed by atoms with van der Waals surface area (Å²) in [5.74, 6) is -1.28. The van der Waals surface area contributed by atoms with Gasteiger partial charge in [0.15, 0.2) is 0 Å². The third-order valence-electron chi connectivity index (χ3n) is 2.90. The third kappa shape index (κ3) is 3.39. The number of carboxylic acid groups (broad SMARTS) is 1. The number of halogens is 1. The van der Waals surface area contributed by atoms with Gasteiger partial charge in [0, 0.05) is 0 Å². The number of hydrogen-bond acceptors (Lipinski definition) is 2. The van der Waals surface area contributed by atoms with E-state index in [-0.39, 0.29) is 5.82 Å². The molecule has 98 valence electrons. The highest BCUT2D eigenvalue weighted by Gasteiger charge is 2.11. The Balaban J connectivity index is 2.14. The summed E-state index contributed by atoms with van der Waals surface area (Å²) in [7, 11) is 0. The average Bonchev–Trinajstić information content (AvgIpc) is 2.40. The number of carboxylic acids is 1. The lowest BCUT2D eigenvalue weighted by molar-refractivity contribution is -0.138. The van der Waals surface area contributed by atoms with Crippen LogP contribution in [0.1, 0.15) is 5.56 Å². The molecule has 0 radical (unpaired) electrons. The van der Waals surface area contributed by atoms with Gasteiger partial charge in [0.1, 0.15) is 11.9 Å². The Morgan fingerprint density at radius 3 is 2.00 bits per heavy atom. The first-order chi connectivity index (χ1) is 9.06. The number of rotatable bonds is 4. The van der Waals surface area contributed by atoms with Crippen LogP contribution in [0.4, 0.5) is 4.39 Å². The van der Waals surface area contributed by atoms with Gasteiger partial charge < -0.3 is 10.8 Å². The van der Waals surface area contributed by atoms with Gasteiger partial charge in [0.25, 0.3) is 0 Å². The Labute approximate surface area is 110 Å². The van der Waals surface area contributed by atoms with Crippen molar-refractivity contribution in [3.8, 4) is 11.1 Å². The maximum absolute atomic E-state index is 12.8. The predicted molar refractivity (Wildman–Crippen MR) is 71.2 cm³/mol. The molecule has 0 saturated heterocycles. The van der Waals surface area contributed by atoms with Gasteiger partial charge >= 0.3 is 5.97 Å². The summed E-state index contributed by atoms with van der Waals surface area (Å²) in [5.41, 5.74) is 8.20. The second kappa shape index (κ2) is 5.63. The minimum absolute atomic E-state index is 0.271. The van der Waals surface area contributed by atoms with Crippen molar-refractivity contribution in [3.05, 3.63) is 59.9 Å². The van der Waals surface area contributed by atoms with E-state index in [1.165, 1.54) is 12.1 Å². The SMILES string of the molecule is N[C@H](Cc1ccc(-c2ccc(F)cc2)cc1)C(=O)O. The van der Waals surface area contributed by atoms with Crippen LogP contribution in [0.2, 0.25) is 0 Å². The Hall–Kier alpha value is -2.20. The summed E-state index contributed by atoms with van der Waals surface area (Å²) in [6, 6.07) is 12.7. The summed E-state index contributed by atoms with van der Waals surface area (Å²) in [6.07, 6.45) is 0.291. The first-order valence-electron chi connectivity index (χ1n) is 5.89. The zero-order valence-corrected chi connectivity index (χ0v) is 10.2. The van der Waals surface area contributed by atoms with Crippen molar-refractivity contribution < 1.29 is 14.3 Å². The third-order valence-corrected chi connectivity index (χ3v) is 2.90. The molecular formula is C15H14FNO2. The van der Waals surface area contributed by atoms with Crippen LogP contribution in [-0.4, -0.2) is 17.1 Å². The van der Waals surface area contributed by atoms with Crippen molar-refractivity contribution in [1.82, 2.24) is 0 Å². The Kier molecular flexibility index (Phi) is 3.92. The molecule has 4 heteroatoms. The van der Waals surface area contributed by atoms with Gasteiger partial charge in [0.2, 0.25) is 0 Å². The van der Waals surface area contributed by atoms with Gasteiger partial charge in [-0.05, 0) is 35.2 Å². The second-order valence-corrected chi connectivity index (χ2v) is 4.35. The van der Waals surface area contributed by atoms with Crippen LogP contribution in [0, 0.1) is 5.82 Å². The maximum Gasteiger partial charge on any atom is 0.320 e. The van der Waals surface area contributed by atoms with E-state index in [2.05, 4.69) is 0 Å². The van der Waals surface area contributed by atoms with Crippen molar-refractivity contribution in [1.29, 1.82) is 0 Å². The van der Waals surface area contributed by atoms with Crippen LogP contribution in [0.5, 0.6) is 0 Å². The first kappa shape index (κ1) is 13.2. The quantitative estimate of drug-likeness (QED) is 0.886. The molecule has 0 spiro atoms. The van der Waals surface area contributed by atoms with E-state index in [4.69, 9.17) is 10.8 Å². The van der Waals surface area contributed by atoms with Crippen molar-refractivity contribution in [2.24, 2.45) is 5.73 Å². The molecule has 0 aliphatic heterocycles. The van der Waals surface area contributed by atoms with E-state index in [0.29, 0.717) is 6.42 Å². The standard InChI is InChI=1S/C15H14FNO2/c16-13-7-5-12(6-8-13)11-3-1-10(2-4-11)9-14(17)15(18)19/h1-8,14H,9,17H2,(H,18,19)/t14-/m1/s1. The highest BCUT2D eigenvalue weighted by Crippen LogP contribution is 2.20. The normalized spacial score (nSPS) is 12.1. The van der Waals surface area contributed by atoms with Crippen LogP contribution in [0.15, 0.2) is 48.5 Å². The zero-order chi connectivity index (χ0) is 13.8. The fourth-order valence-electron chi connectivity index (χ4n) is 1.82. The highest BCUT2D eigenvalue weighted by atomic mass is 19.1. The van der Waals surface area contributed by atoms with Crippen molar-refractivity contribution >= 4 is 5.97 Å². The summed E-state index contributed by atoms with van der Waals surface area (Å²) in [4.78, 5) is 10.7. The van der Waals surface area contributed by atoms with Crippen molar-refractivity contribution in [2.75, 3.05) is 0 Å². The molecule has 0 saturated carbocycles. The predicted octanol–water partition coefficient (Wildman–Crippen LogP) is 2.45. The van der Waals surface area contributed by atoms with E-state index in [1.54, 1.807) is 12.1 Å². The molecule has 0 unspecified atom stereocenters. The molecule has 0 aromatic heterocycles. The lowest BCUT2D eigenvalue weighted by Gasteiger charge is -2.07. The number of benzene rings is 2. The highest BCUT2D eigenvalue weighted by molar-refractivity contribution is 5.73. The van der Waals surface area contributed by atoms with Crippen LogP contribution < -0.4 is 5.73 Å². The summed E-state index contributed by atoms with van der Waals surface area (Å²) >= 11 is 0. The van der Waals surface area contributed by atoms with Crippen molar-refractivity contribution in [2.45, 2.75) is 12.5 Å². The smallest absolute Gasteiger partial charge is 0.320 e. The molecule has 2 rings (SSSR count). The van der Waals surface area contributed by atoms with E-state index >= 15 is 0 Å². The topological polar surface area (TPSA) is 63.3 Å². The molecule has 0 heterocycles. The molecule has 19 heavy (non-hydrogen) atoms. The lowest BCUT2D eigenvalue weighted by Crippen LogP contribution is -2.32. The summed E-state index contributed by atoms with van der Waals surface area (Å²) in [5, 5.41) is 8.74. The molecule has 3 nitrogen and oxygen atoms in total. The number of hydrogen-bond donors (Lipinski definition) is 2. The Bertz CT molecular complexity index is 564. The molecule has 0 aliphatic rings. The zero-order valence-electron chi connectivity index (χ0n) is 10.2. The molecule has 2 aromatic carbocycles. The second-order valence-electron chi connectivity index (χ2n) is 4.35. The van der Waals surface area contributed by atoms with E-state index in [0.717, 1.165) is 16.7 Å². The fraction of sp³-hybridized carbons (Fsp3) is 0.133. The van der Waals surface area contributed by atoms with Crippen molar-refractivity contribution in [3.63, 3.8) is 0 Å². The molecule has 0 amide bonds. The Morgan fingerprint density at radius 1 is 1.05 bits per heavy atom. The molecular weight excluding hydrogens is 245 g/mol. The molecule has 2 aromatic rings. The largest absolute Gasteiger partial charge is 0.480 e. The first-order valence-corrected chi connectivity index (χ1v) is 5.89. The maximum atomic E-state index is 12.8. The lowest BCUT2D eigenvalue weighted by atomic mass is 10.0.